The van der Waals surface area contributed by atoms with Gasteiger partial charge in [0.15, 0.2) is 0 Å². The lowest BCUT2D eigenvalue weighted by molar-refractivity contribution is -0.145. The van der Waals surface area contributed by atoms with E-state index in [1.807, 2.05) is 0 Å². The van der Waals surface area contributed by atoms with Crippen LogP contribution in [0.3, 0.4) is 0 Å². The zero-order chi connectivity index (χ0) is 20.2. The quantitative estimate of drug-likeness (QED) is 0.489. The number of aromatic amines is 1. The van der Waals surface area contributed by atoms with E-state index in [2.05, 4.69) is 15.0 Å². The number of ether oxygens (including phenoxy) is 1. The van der Waals surface area contributed by atoms with Crippen molar-refractivity contribution < 1.29 is 13.9 Å². The van der Waals surface area contributed by atoms with E-state index in [9.17, 15) is 14.0 Å². The molecule has 0 aliphatic rings. The minimum absolute atomic E-state index is 0.0538. The first-order valence-electron chi connectivity index (χ1n) is 8.92. The fraction of sp³-hybridized carbons (Fsp3) is 0.143. The molecule has 0 fully saturated rings. The van der Waals surface area contributed by atoms with E-state index < -0.39 is 5.97 Å². The summed E-state index contributed by atoms with van der Waals surface area (Å²) in [7, 11) is 0. The lowest BCUT2D eigenvalue weighted by Crippen LogP contribution is -2.14. The van der Waals surface area contributed by atoms with Gasteiger partial charge in [-0.05, 0) is 36.4 Å². The maximum Gasteiger partial charge on any atom is 0.306 e. The van der Waals surface area contributed by atoms with Crippen LogP contribution in [-0.2, 0) is 22.6 Å². The molecule has 0 spiro atoms. The Labute approximate surface area is 169 Å². The van der Waals surface area contributed by atoms with Crippen LogP contribution < -0.4 is 5.56 Å². The number of aromatic nitrogens is 3. The van der Waals surface area contributed by atoms with E-state index in [0.717, 1.165) is 10.6 Å². The van der Waals surface area contributed by atoms with E-state index in [0.29, 0.717) is 22.4 Å². The number of thiazole rings is 1. The Bertz CT molecular complexity index is 1220. The van der Waals surface area contributed by atoms with Crippen molar-refractivity contribution in [3.05, 3.63) is 81.6 Å². The van der Waals surface area contributed by atoms with Crippen molar-refractivity contribution in [2.45, 2.75) is 19.4 Å². The number of nitrogens with zero attached hydrogens (tertiary/aromatic N) is 2. The molecule has 2 aromatic carbocycles. The number of rotatable bonds is 6. The second-order valence-corrected chi connectivity index (χ2v) is 7.20. The van der Waals surface area contributed by atoms with Crippen molar-refractivity contribution in [2.75, 3.05) is 0 Å². The van der Waals surface area contributed by atoms with Crippen LogP contribution in [0.4, 0.5) is 4.39 Å². The van der Waals surface area contributed by atoms with E-state index in [-0.39, 0.29) is 30.8 Å². The minimum Gasteiger partial charge on any atom is -0.459 e. The molecule has 4 aromatic rings. The molecule has 0 saturated carbocycles. The predicted octanol–water partition coefficient (Wildman–Crippen LogP) is 3.86. The Morgan fingerprint density at radius 3 is 2.72 bits per heavy atom. The number of H-pyrrole nitrogens is 1. The first-order chi connectivity index (χ1) is 14.1. The van der Waals surface area contributed by atoms with Gasteiger partial charge in [-0.25, -0.2) is 14.4 Å². The number of hydrogen-bond acceptors (Lipinski definition) is 6. The van der Waals surface area contributed by atoms with Crippen molar-refractivity contribution in [1.29, 1.82) is 0 Å². The fourth-order valence-electron chi connectivity index (χ4n) is 2.80. The fourth-order valence-corrected chi connectivity index (χ4v) is 3.61. The van der Waals surface area contributed by atoms with Crippen LogP contribution in [0.2, 0.25) is 0 Å². The highest BCUT2D eigenvalue weighted by Crippen LogP contribution is 2.24. The molecular weight excluding hydrogens is 393 g/mol. The van der Waals surface area contributed by atoms with Crippen molar-refractivity contribution in [3.63, 3.8) is 0 Å². The van der Waals surface area contributed by atoms with Crippen LogP contribution in [0.25, 0.3) is 21.5 Å². The van der Waals surface area contributed by atoms with Crippen LogP contribution in [0, 0.1) is 5.82 Å². The van der Waals surface area contributed by atoms with Gasteiger partial charge < -0.3 is 9.72 Å². The van der Waals surface area contributed by atoms with E-state index in [1.54, 1.807) is 41.8 Å². The summed E-state index contributed by atoms with van der Waals surface area (Å²) < 4.78 is 18.3. The van der Waals surface area contributed by atoms with Gasteiger partial charge in [-0.1, -0.05) is 12.1 Å². The molecule has 2 aromatic heterocycles. The minimum atomic E-state index is -0.405. The number of para-hydroxylation sites is 1. The average Bonchev–Trinajstić information content (AvgIpc) is 3.20. The molecule has 0 amide bonds. The van der Waals surface area contributed by atoms with Gasteiger partial charge in [0.25, 0.3) is 5.56 Å². The summed E-state index contributed by atoms with van der Waals surface area (Å²) in [6.45, 7) is 0.0538. The lowest BCUT2D eigenvalue weighted by Gasteiger charge is -2.04. The molecule has 0 aliphatic carbocycles. The highest BCUT2D eigenvalue weighted by atomic mass is 32.1. The van der Waals surface area contributed by atoms with E-state index in [1.165, 1.54) is 23.5 Å². The van der Waals surface area contributed by atoms with Crippen LogP contribution in [0.5, 0.6) is 0 Å². The van der Waals surface area contributed by atoms with Crippen LogP contribution in [0.15, 0.2) is 58.7 Å². The van der Waals surface area contributed by atoms with Crippen molar-refractivity contribution in [2.24, 2.45) is 0 Å². The van der Waals surface area contributed by atoms with Gasteiger partial charge in [-0.15, -0.1) is 11.3 Å². The predicted molar refractivity (Wildman–Crippen MR) is 108 cm³/mol. The average molecular weight is 409 g/mol. The summed E-state index contributed by atoms with van der Waals surface area (Å²) in [6, 6.07) is 13.1. The molecule has 0 bridgehead atoms. The van der Waals surface area contributed by atoms with Crippen molar-refractivity contribution in [3.8, 4) is 10.6 Å². The van der Waals surface area contributed by atoms with Gasteiger partial charge in [-0.2, -0.15) is 0 Å². The number of carbonyl (C=O) groups is 1. The van der Waals surface area contributed by atoms with Crippen LogP contribution in [-0.4, -0.2) is 20.9 Å². The highest BCUT2D eigenvalue weighted by molar-refractivity contribution is 7.13. The third-order valence-corrected chi connectivity index (χ3v) is 5.19. The number of hydrogen-bond donors (Lipinski definition) is 1. The monoisotopic (exact) mass is 409 g/mol. The molecule has 146 valence electrons. The second kappa shape index (κ2) is 8.32. The molecule has 0 aliphatic heterocycles. The molecular formula is C21H16FN3O3S. The summed E-state index contributed by atoms with van der Waals surface area (Å²) in [5.41, 5.74) is 1.80. The maximum atomic E-state index is 13.0. The smallest absolute Gasteiger partial charge is 0.306 e. The van der Waals surface area contributed by atoms with Crippen molar-refractivity contribution in [1.82, 2.24) is 15.0 Å². The van der Waals surface area contributed by atoms with Crippen molar-refractivity contribution >= 4 is 28.2 Å². The number of aryl methyl sites for hydroxylation is 1. The summed E-state index contributed by atoms with van der Waals surface area (Å²) >= 11 is 1.40. The number of esters is 1. The van der Waals surface area contributed by atoms with Gasteiger partial charge in [-0.3, -0.25) is 9.59 Å². The first kappa shape index (κ1) is 18.9. The Kier molecular flexibility index (Phi) is 5.44. The molecule has 6 nitrogen and oxygen atoms in total. The summed E-state index contributed by atoms with van der Waals surface area (Å²) in [4.78, 5) is 35.6. The van der Waals surface area contributed by atoms with Gasteiger partial charge in [0, 0.05) is 17.4 Å². The third-order valence-electron chi connectivity index (χ3n) is 4.25. The number of nitrogens with one attached hydrogen (secondary N) is 1. The second-order valence-electron chi connectivity index (χ2n) is 6.34. The van der Waals surface area contributed by atoms with Gasteiger partial charge in [0.05, 0.1) is 23.0 Å². The summed E-state index contributed by atoms with van der Waals surface area (Å²) in [6.07, 6.45) is 0.368. The highest BCUT2D eigenvalue weighted by Gasteiger charge is 2.10. The Morgan fingerprint density at radius 1 is 1.10 bits per heavy atom. The number of benzene rings is 2. The molecule has 0 unspecified atom stereocenters. The lowest BCUT2D eigenvalue weighted by atomic mass is 10.2. The van der Waals surface area contributed by atoms with Gasteiger partial charge in [0.2, 0.25) is 0 Å². The molecule has 4 rings (SSSR count). The Hall–Kier alpha value is -3.39. The maximum absolute atomic E-state index is 13.0. The topological polar surface area (TPSA) is 84.9 Å². The number of carbonyl (C=O) groups excluding carboxylic acids is 1. The molecule has 0 atom stereocenters. The molecule has 0 radical (unpaired) electrons. The molecule has 8 heteroatoms. The molecule has 29 heavy (non-hydrogen) atoms. The molecule has 1 N–H and O–H groups in total. The number of fused-ring (bicyclic) bond motifs is 1. The van der Waals surface area contributed by atoms with Gasteiger partial charge >= 0.3 is 5.97 Å². The third kappa shape index (κ3) is 4.55. The first-order valence-corrected chi connectivity index (χ1v) is 9.80. The standard InChI is InChI=1S/C21H16FN3O3S/c22-14-7-5-13(6-8-14)21-23-15(12-29-21)11-28-19(26)10-9-18-24-17-4-2-1-3-16(17)20(27)25-18/h1-8,12H,9-11H2,(H,24,25,27). The molecule has 2 heterocycles. The van der Waals surface area contributed by atoms with Crippen LogP contribution in [0.1, 0.15) is 17.9 Å². The summed E-state index contributed by atoms with van der Waals surface area (Å²) in [5.74, 6) is -0.267. The normalized spacial score (nSPS) is 10.9. The largest absolute Gasteiger partial charge is 0.459 e. The Morgan fingerprint density at radius 2 is 1.90 bits per heavy atom. The van der Waals surface area contributed by atoms with Crippen LogP contribution >= 0.6 is 11.3 Å². The SMILES string of the molecule is O=C(CCc1nc2ccccc2c(=O)[nH]1)OCc1csc(-c2ccc(F)cc2)n1. The molecule has 0 saturated heterocycles. The van der Waals surface area contributed by atoms with E-state index in [4.69, 9.17) is 4.74 Å². The number of halogens is 1. The van der Waals surface area contributed by atoms with E-state index >= 15 is 0 Å². The zero-order valence-corrected chi connectivity index (χ0v) is 16.0. The summed E-state index contributed by atoms with van der Waals surface area (Å²) in [5, 5.41) is 3.04. The Balaban J connectivity index is 1.33. The zero-order valence-electron chi connectivity index (χ0n) is 15.2. The van der Waals surface area contributed by atoms with Gasteiger partial charge in [0.1, 0.15) is 23.3 Å².